The molecule has 3 aromatic rings. The molecule has 0 aliphatic rings. The molecule has 0 aliphatic heterocycles. The fourth-order valence-corrected chi connectivity index (χ4v) is 4.09. The van der Waals surface area contributed by atoms with E-state index in [0.29, 0.717) is 38.0 Å². The van der Waals surface area contributed by atoms with Crippen molar-refractivity contribution in [1.29, 1.82) is 0 Å². The highest BCUT2D eigenvalue weighted by Crippen LogP contribution is 2.24. The van der Waals surface area contributed by atoms with Crippen molar-refractivity contribution in [2.45, 2.75) is 58.7 Å². The van der Waals surface area contributed by atoms with Crippen LogP contribution in [0.3, 0.4) is 0 Å². The first-order chi connectivity index (χ1) is 17.7. The number of alkyl carbamates (subject to hydrolysis) is 1. The van der Waals surface area contributed by atoms with Gasteiger partial charge in [-0.2, -0.15) is 0 Å². The fraction of sp³-hybridized carbons (Fsp3) is 0.367. The third-order valence-corrected chi connectivity index (χ3v) is 5.93. The van der Waals surface area contributed by atoms with Crippen molar-refractivity contribution in [1.82, 2.24) is 15.5 Å². The van der Waals surface area contributed by atoms with Gasteiger partial charge in [0.1, 0.15) is 11.9 Å². The summed E-state index contributed by atoms with van der Waals surface area (Å²) in [5.74, 6) is 0. The quantitative estimate of drug-likeness (QED) is 0.254. The van der Waals surface area contributed by atoms with Gasteiger partial charge in [-0.25, -0.2) is 9.59 Å². The SMILES string of the molecule is C[C@H](NC(=O)N(CCCCNC(=O)OC(C)(C)C)Cc1ccc(C=O)cc1)c1cccc2ccccc12. The van der Waals surface area contributed by atoms with Crippen molar-refractivity contribution >= 4 is 29.2 Å². The average molecular weight is 504 g/mol. The Hall–Kier alpha value is -3.87. The Morgan fingerprint density at radius 1 is 0.973 bits per heavy atom. The van der Waals surface area contributed by atoms with Crippen LogP contribution in [0.4, 0.5) is 9.59 Å². The molecule has 0 spiro atoms. The zero-order chi connectivity index (χ0) is 26.8. The molecule has 0 fully saturated rings. The molecule has 0 bridgehead atoms. The molecule has 7 heteroatoms. The van der Waals surface area contributed by atoms with Gasteiger partial charge in [0.15, 0.2) is 0 Å². The second-order valence-electron chi connectivity index (χ2n) is 10.2. The van der Waals surface area contributed by atoms with Crippen LogP contribution in [0.1, 0.15) is 68.1 Å². The van der Waals surface area contributed by atoms with Crippen molar-refractivity contribution in [2.24, 2.45) is 0 Å². The molecule has 37 heavy (non-hydrogen) atoms. The van der Waals surface area contributed by atoms with E-state index in [-0.39, 0.29) is 12.1 Å². The average Bonchev–Trinajstić information content (AvgIpc) is 2.86. The molecule has 0 aromatic heterocycles. The van der Waals surface area contributed by atoms with E-state index in [1.165, 1.54) is 0 Å². The van der Waals surface area contributed by atoms with Gasteiger partial charge in [0, 0.05) is 25.2 Å². The van der Waals surface area contributed by atoms with Crippen molar-refractivity contribution in [2.75, 3.05) is 13.1 Å². The second-order valence-corrected chi connectivity index (χ2v) is 10.2. The first kappa shape index (κ1) is 27.7. The summed E-state index contributed by atoms with van der Waals surface area (Å²) in [7, 11) is 0. The highest BCUT2D eigenvalue weighted by Gasteiger charge is 2.19. The molecule has 0 heterocycles. The minimum Gasteiger partial charge on any atom is -0.444 e. The van der Waals surface area contributed by atoms with Crippen LogP contribution in [0.15, 0.2) is 66.7 Å². The number of carbonyl (C=O) groups excluding carboxylic acids is 3. The number of aldehydes is 1. The first-order valence-corrected chi connectivity index (χ1v) is 12.7. The van der Waals surface area contributed by atoms with Gasteiger partial charge in [0.2, 0.25) is 0 Å². The number of hydrogen-bond donors (Lipinski definition) is 2. The topological polar surface area (TPSA) is 87.7 Å². The molecular weight excluding hydrogens is 466 g/mol. The number of unbranched alkanes of at least 4 members (excludes halogenated alkanes) is 1. The summed E-state index contributed by atoms with van der Waals surface area (Å²) >= 11 is 0. The Morgan fingerprint density at radius 3 is 2.38 bits per heavy atom. The Labute approximate surface area is 219 Å². The van der Waals surface area contributed by atoms with E-state index in [1.807, 2.05) is 64.1 Å². The van der Waals surface area contributed by atoms with E-state index in [0.717, 1.165) is 28.2 Å². The third-order valence-electron chi connectivity index (χ3n) is 5.93. The normalized spacial score (nSPS) is 12.0. The molecular formula is C30H37N3O4. The predicted octanol–water partition coefficient (Wildman–Crippen LogP) is 6.23. The number of nitrogens with zero attached hydrogens (tertiary/aromatic N) is 1. The van der Waals surface area contributed by atoms with Gasteiger partial charge in [0.25, 0.3) is 0 Å². The maximum Gasteiger partial charge on any atom is 0.407 e. The second kappa shape index (κ2) is 12.9. The van der Waals surface area contributed by atoms with Gasteiger partial charge in [0.05, 0.1) is 6.04 Å². The van der Waals surface area contributed by atoms with Gasteiger partial charge < -0.3 is 20.3 Å². The number of carbonyl (C=O) groups is 3. The molecule has 7 nitrogen and oxygen atoms in total. The molecule has 3 amide bonds. The molecule has 196 valence electrons. The number of amides is 3. The largest absolute Gasteiger partial charge is 0.444 e. The molecule has 0 radical (unpaired) electrons. The number of hydrogen-bond acceptors (Lipinski definition) is 4. The van der Waals surface area contributed by atoms with E-state index < -0.39 is 11.7 Å². The summed E-state index contributed by atoms with van der Waals surface area (Å²) in [4.78, 5) is 38.0. The van der Waals surface area contributed by atoms with Crippen LogP contribution in [0.2, 0.25) is 0 Å². The highest BCUT2D eigenvalue weighted by molar-refractivity contribution is 5.86. The van der Waals surface area contributed by atoms with Gasteiger partial charge in [-0.05, 0) is 62.4 Å². The van der Waals surface area contributed by atoms with Gasteiger partial charge in [-0.15, -0.1) is 0 Å². The van der Waals surface area contributed by atoms with Crippen molar-refractivity contribution in [3.63, 3.8) is 0 Å². The summed E-state index contributed by atoms with van der Waals surface area (Å²) in [6, 6.07) is 21.1. The van der Waals surface area contributed by atoms with Crippen molar-refractivity contribution in [3.05, 3.63) is 83.4 Å². The van der Waals surface area contributed by atoms with Crippen molar-refractivity contribution < 1.29 is 19.1 Å². The van der Waals surface area contributed by atoms with E-state index in [1.54, 1.807) is 17.0 Å². The smallest absolute Gasteiger partial charge is 0.407 e. The maximum atomic E-state index is 13.4. The lowest BCUT2D eigenvalue weighted by molar-refractivity contribution is 0.0526. The lowest BCUT2D eigenvalue weighted by Crippen LogP contribution is -2.41. The lowest BCUT2D eigenvalue weighted by atomic mass is 10.00. The molecule has 1 atom stereocenters. The van der Waals surface area contributed by atoms with E-state index in [2.05, 4.69) is 28.8 Å². The number of ether oxygens (including phenoxy) is 1. The number of nitrogens with one attached hydrogen (secondary N) is 2. The monoisotopic (exact) mass is 503 g/mol. The Kier molecular flexibility index (Phi) is 9.66. The summed E-state index contributed by atoms with van der Waals surface area (Å²) in [5, 5.41) is 8.16. The zero-order valence-electron chi connectivity index (χ0n) is 22.1. The van der Waals surface area contributed by atoms with Gasteiger partial charge in [-0.1, -0.05) is 66.7 Å². The third kappa shape index (κ3) is 8.63. The van der Waals surface area contributed by atoms with Crippen LogP contribution in [-0.4, -0.2) is 42.0 Å². The summed E-state index contributed by atoms with van der Waals surface area (Å²) in [6.07, 6.45) is 1.77. The molecule has 2 N–H and O–H groups in total. The summed E-state index contributed by atoms with van der Waals surface area (Å²) in [6.45, 7) is 8.84. The predicted molar refractivity (Wildman–Crippen MR) is 147 cm³/mol. The minimum absolute atomic E-state index is 0.167. The fourth-order valence-electron chi connectivity index (χ4n) is 4.09. The Balaban J connectivity index is 1.64. The van der Waals surface area contributed by atoms with Gasteiger partial charge >= 0.3 is 12.1 Å². The van der Waals surface area contributed by atoms with Crippen LogP contribution >= 0.6 is 0 Å². The molecule has 0 unspecified atom stereocenters. The van der Waals surface area contributed by atoms with E-state index >= 15 is 0 Å². The van der Waals surface area contributed by atoms with Crippen LogP contribution in [0, 0.1) is 0 Å². The summed E-state index contributed by atoms with van der Waals surface area (Å²) in [5.41, 5.74) is 2.05. The molecule has 3 aromatic carbocycles. The Bertz CT molecular complexity index is 1200. The van der Waals surface area contributed by atoms with Crippen molar-refractivity contribution in [3.8, 4) is 0 Å². The summed E-state index contributed by atoms with van der Waals surface area (Å²) < 4.78 is 5.27. The lowest BCUT2D eigenvalue weighted by Gasteiger charge is -2.26. The number of rotatable bonds is 10. The molecule has 0 saturated heterocycles. The van der Waals surface area contributed by atoms with Crippen LogP contribution in [-0.2, 0) is 11.3 Å². The first-order valence-electron chi connectivity index (χ1n) is 12.7. The number of urea groups is 1. The Morgan fingerprint density at radius 2 is 1.68 bits per heavy atom. The van der Waals surface area contributed by atoms with Crippen LogP contribution < -0.4 is 10.6 Å². The van der Waals surface area contributed by atoms with E-state index in [9.17, 15) is 14.4 Å². The van der Waals surface area contributed by atoms with Crippen LogP contribution in [0.5, 0.6) is 0 Å². The highest BCUT2D eigenvalue weighted by atomic mass is 16.6. The molecule has 0 aliphatic carbocycles. The number of benzene rings is 3. The zero-order valence-corrected chi connectivity index (χ0v) is 22.1. The van der Waals surface area contributed by atoms with E-state index in [4.69, 9.17) is 4.74 Å². The maximum absolute atomic E-state index is 13.4. The van der Waals surface area contributed by atoms with Crippen LogP contribution in [0.25, 0.3) is 10.8 Å². The standard InChI is InChI=1S/C30H37N3O4/c1-22(26-13-9-11-25-10-5-6-12-27(25)26)32-28(35)33(20-23-14-16-24(21-34)17-15-23)19-8-7-18-31-29(36)37-30(2,3)4/h5-6,9-17,21-22H,7-8,18-20H2,1-4H3,(H,31,36)(H,32,35)/t22-/m0/s1. The number of fused-ring (bicyclic) bond motifs is 1. The minimum atomic E-state index is -0.543. The molecule has 3 rings (SSSR count). The van der Waals surface area contributed by atoms with Gasteiger partial charge in [-0.3, -0.25) is 4.79 Å². The molecule has 0 saturated carbocycles.